The van der Waals surface area contributed by atoms with E-state index in [1.807, 2.05) is 25.1 Å². The molecule has 0 bridgehead atoms. The quantitative estimate of drug-likeness (QED) is 0.382. The lowest BCUT2D eigenvalue weighted by atomic mass is 10.0. The molecule has 0 unspecified atom stereocenters. The first-order chi connectivity index (χ1) is 15.7. The molecule has 0 fully saturated rings. The molecule has 0 aliphatic rings. The molecule has 0 spiro atoms. The zero-order chi connectivity index (χ0) is 23.8. The lowest BCUT2D eigenvalue weighted by molar-refractivity contribution is 0.0687. The number of nitrogens with zero attached hydrogens (tertiary/aromatic N) is 3. The van der Waals surface area contributed by atoms with E-state index >= 15 is 0 Å². The van der Waals surface area contributed by atoms with E-state index in [2.05, 4.69) is 20.3 Å². The number of rotatable bonds is 6. The molecule has 6 nitrogen and oxygen atoms in total. The van der Waals surface area contributed by atoms with Gasteiger partial charge in [0.2, 0.25) is 0 Å². The molecule has 2 N–H and O–H groups in total. The predicted octanol–water partition coefficient (Wildman–Crippen LogP) is 5.64. The number of hydrogen-bond donors (Lipinski definition) is 2. The van der Waals surface area contributed by atoms with Gasteiger partial charge in [0.1, 0.15) is 17.2 Å². The molecule has 0 atom stereocenters. The van der Waals surface area contributed by atoms with Crippen LogP contribution < -0.4 is 10.1 Å². The molecule has 0 saturated heterocycles. The number of nitrogens with one attached hydrogen (secondary N) is 1. The Bertz CT molecular complexity index is 1320. The van der Waals surface area contributed by atoms with Gasteiger partial charge in [-0.3, -0.25) is 4.98 Å². The van der Waals surface area contributed by atoms with Crippen LogP contribution in [0.5, 0.6) is 5.75 Å². The first kappa shape index (κ1) is 22.9. The first-order valence-corrected chi connectivity index (χ1v) is 10.8. The number of methoxy groups -OCH3 is 1. The topological polar surface area (TPSA) is 80.2 Å². The SMILES string of the molecule is COc1ccc(F)c(CNc2c(Cl)c(C)nc3ccc(-c4cnc(C(C)(C)O)nc4)cc23)c1. The minimum absolute atomic E-state index is 0.217. The normalized spacial score (nSPS) is 11.6. The molecule has 170 valence electrons. The molecule has 33 heavy (non-hydrogen) atoms. The number of benzene rings is 2. The van der Waals surface area contributed by atoms with Gasteiger partial charge < -0.3 is 15.2 Å². The van der Waals surface area contributed by atoms with Crippen LogP contribution in [0, 0.1) is 12.7 Å². The van der Waals surface area contributed by atoms with Crippen molar-refractivity contribution in [1.82, 2.24) is 15.0 Å². The predicted molar refractivity (Wildman–Crippen MR) is 128 cm³/mol. The summed E-state index contributed by atoms with van der Waals surface area (Å²) >= 11 is 6.61. The van der Waals surface area contributed by atoms with Crippen molar-refractivity contribution in [3.8, 4) is 16.9 Å². The smallest absolute Gasteiger partial charge is 0.159 e. The minimum atomic E-state index is -1.12. The van der Waals surface area contributed by atoms with E-state index < -0.39 is 5.60 Å². The molecule has 0 aliphatic heterocycles. The number of fused-ring (bicyclic) bond motifs is 1. The van der Waals surface area contributed by atoms with Crippen LogP contribution in [0.1, 0.15) is 30.9 Å². The van der Waals surface area contributed by atoms with Gasteiger partial charge in [-0.1, -0.05) is 17.7 Å². The Morgan fingerprint density at radius 3 is 2.48 bits per heavy atom. The molecule has 2 heterocycles. The summed E-state index contributed by atoms with van der Waals surface area (Å²) in [5.41, 5.74) is 3.07. The van der Waals surface area contributed by atoms with Crippen molar-refractivity contribution in [1.29, 1.82) is 0 Å². The molecular weight excluding hydrogens is 443 g/mol. The summed E-state index contributed by atoms with van der Waals surface area (Å²) in [6.45, 7) is 5.32. The average molecular weight is 467 g/mol. The second-order valence-electron chi connectivity index (χ2n) is 8.28. The number of aryl methyl sites for hydroxylation is 1. The van der Waals surface area contributed by atoms with Gasteiger partial charge >= 0.3 is 0 Å². The number of ether oxygens (including phenoxy) is 1. The van der Waals surface area contributed by atoms with Crippen molar-refractivity contribution in [2.75, 3.05) is 12.4 Å². The third kappa shape index (κ3) is 4.74. The van der Waals surface area contributed by atoms with E-state index in [0.717, 1.165) is 22.0 Å². The fourth-order valence-electron chi connectivity index (χ4n) is 3.51. The number of pyridine rings is 1. The number of anilines is 1. The van der Waals surface area contributed by atoms with Gasteiger partial charge in [-0.2, -0.15) is 0 Å². The molecule has 0 radical (unpaired) electrons. The van der Waals surface area contributed by atoms with Crippen molar-refractivity contribution in [2.45, 2.75) is 32.9 Å². The minimum Gasteiger partial charge on any atom is -0.497 e. The Labute approximate surface area is 196 Å². The van der Waals surface area contributed by atoms with E-state index in [9.17, 15) is 9.50 Å². The lowest BCUT2D eigenvalue weighted by Gasteiger charge is -2.16. The largest absolute Gasteiger partial charge is 0.497 e. The number of aliphatic hydroxyl groups is 1. The zero-order valence-electron chi connectivity index (χ0n) is 18.8. The van der Waals surface area contributed by atoms with Gasteiger partial charge in [0.05, 0.1) is 29.0 Å². The zero-order valence-corrected chi connectivity index (χ0v) is 19.5. The van der Waals surface area contributed by atoms with E-state index in [1.54, 1.807) is 45.5 Å². The van der Waals surface area contributed by atoms with Crippen LogP contribution in [0.2, 0.25) is 5.02 Å². The Balaban J connectivity index is 1.74. The third-order valence-electron chi connectivity index (χ3n) is 5.33. The second kappa shape index (κ2) is 8.92. The van der Waals surface area contributed by atoms with Gasteiger partial charge in [0.25, 0.3) is 0 Å². The Morgan fingerprint density at radius 2 is 1.82 bits per heavy atom. The highest BCUT2D eigenvalue weighted by atomic mass is 35.5. The first-order valence-electron chi connectivity index (χ1n) is 10.4. The van der Waals surface area contributed by atoms with Crippen LogP contribution in [-0.2, 0) is 12.1 Å². The second-order valence-corrected chi connectivity index (χ2v) is 8.66. The Morgan fingerprint density at radius 1 is 1.09 bits per heavy atom. The number of hydrogen-bond acceptors (Lipinski definition) is 6. The summed E-state index contributed by atoms with van der Waals surface area (Å²) in [6, 6.07) is 10.4. The van der Waals surface area contributed by atoms with Gasteiger partial charge in [-0.05, 0) is 56.7 Å². The highest BCUT2D eigenvalue weighted by Crippen LogP contribution is 2.35. The fraction of sp³-hybridized carbons (Fsp3) is 0.240. The van der Waals surface area contributed by atoms with Gasteiger partial charge in [-0.15, -0.1) is 0 Å². The number of halogens is 2. The summed E-state index contributed by atoms with van der Waals surface area (Å²) in [6.07, 6.45) is 3.34. The Kier molecular flexibility index (Phi) is 6.19. The molecule has 2 aromatic carbocycles. The maximum atomic E-state index is 14.3. The van der Waals surface area contributed by atoms with Crippen molar-refractivity contribution in [2.24, 2.45) is 0 Å². The standard InChI is InChI=1S/C25H24ClFN4O2/c1-14-22(26)23(28-11-16-9-18(33-4)6-7-20(16)27)19-10-15(5-8-21(19)31-14)17-12-29-24(30-13-17)25(2,3)32/h5-10,12-13,32H,11H2,1-4H3,(H,28,31). The Hall–Kier alpha value is -3.29. The highest BCUT2D eigenvalue weighted by molar-refractivity contribution is 6.35. The van der Waals surface area contributed by atoms with Gasteiger partial charge in [-0.25, -0.2) is 14.4 Å². The van der Waals surface area contributed by atoms with E-state index in [4.69, 9.17) is 16.3 Å². The summed E-state index contributed by atoms with van der Waals surface area (Å²) in [5.74, 6) is 0.584. The van der Waals surface area contributed by atoms with E-state index in [1.165, 1.54) is 6.07 Å². The van der Waals surface area contributed by atoms with Gasteiger partial charge in [0, 0.05) is 35.5 Å². The van der Waals surface area contributed by atoms with E-state index in [0.29, 0.717) is 33.5 Å². The highest BCUT2D eigenvalue weighted by Gasteiger charge is 2.19. The molecule has 0 aliphatic carbocycles. The maximum absolute atomic E-state index is 14.3. The fourth-order valence-corrected chi connectivity index (χ4v) is 3.72. The summed E-state index contributed by atoms with van der Waals surface area (Å²) < 4.78 is 19.5. The van der Waals surface area contributed by atoms with Crippen LogP contribution in [0.4, 0.5) is 10.1 Å². The molecule has 0 amide bonds. The van der Waals surface area contributed by atoms with Crippen molar-refractivity contribution in [3.63, 3.8) is 0 Å². The van der Waals surface area contributed by atoms with Crippen LogP contribution in [0.15, 0.2) is 48.8 Å². The summed E-state index contributed by atoms with van der Waals surface area (Å²) in [7, 11) is 1.54. The van der Waals surface area contributed by atoms with Crippen molar-refractivity contribution >= 4 is 28.2 Å². The molecule has 4 rings (SSSR count). The molecule has 0 saturated carbocycles. The van der Waals surface area contributed by atoms with Crippen molar-refractivity contribution in [3.05, 3.63) is 76.7 Å². The lowest BCUT2D eigenvalue weighted by Crippen LogP contribution is -2.19. The molecular formula is C25H24ClFN4O2. The summed E-state index contributed by atoms with van der Waals surface area (Å²) in [4.78, 5) is 13.2. The molecule has 4 aromatic rings. The van der Waals surface area contributed by atoms with Crippen LogP contribution in [0.25, 0.3) is 22.0 Å². The third-order valence-corrected chi connectivity index (χ3v) is 5.79. The average Bonchev–Trinajstić information content (AvgIpc) is 2.79. The monoisotopic (exact) mass is 466 g/mol. The number of aromatic nitrogens is 3. The van der Waals surface area contributed by atoms with Crippen molar-refractivity contribution < 1.29 is 14.2 Å². The van der Waals surface area contributed by atoms with Crippen LogP contribution >= 0.6 is 11.6 Å². The van der Waals surface area contributed by atoms with Crippen LogP contribution in [0.3, 0.4) is 0 Å². The van der Waals surface area contributed by atoms with E-state index in [-0.39, 0.29) is 12.4 Å². The van der Waals surface area contributed by atoms with Crippen LogP contribution in [-0.4, -0.2) is 27.2 Å². The maximum Gasteiger partial charge on any atom is 0.159 e. The summed E-state index contributed by atoms with van der Waals surface area (Å²) in [5, 5.41) is 14.6. The molecule has 8 heteroatoms. The van der Waals surface area contributed by atoms with Gasteiger partial charge in [0.15, 0.2) is 5.82 Å². The molecule has 2 aromatic heterocycles.